The highest BCUT2D eigenvalue weighted by molar-refractivity contribution is 5.99. The Balaban J connectivity index is 2.24. The first-order valence-electron chi connectivity index (χ1n) is 6.55. The summed E-state index contributed by atoms with van der Waals surface area (Å²) in [6.07, 6.45) is 1.39. The van der Waals surface area contributed by atoms with Crippen LogP contribution in [0.4, 0.5) is 10.1 Å². The number of hydrogen-bond acceptors (Lipinski definition) is 3. The Hall–Kier alpha value is -2.11. The normalized spacial score (nSPS) is 22.6. The largest absolute Gasteiger partial charge is 0.398 e. The zero-order valence-corrected chi connectivity index (χ0v) is 11.3. The molecule has 0 bridgehead atoms. The van der Waals surface area contributed by atoms with Gasteiger partial charge in [-0.1, -0.05) is 0 Å². The first kappa shape index (κ1) is 14.3. The molecule has 2 rings (SSSR count). The van der Waals surface area contributed by atoms with Gasteiger partial charge in [0.25, 0.3) is 5.91 Å². The van der Waals surface area contributed by atoms with Crippen LogP contribution in [0.2, 0.25) is 0 Å². The summed E-state index contributed by atoms with van der Waals surface area (Å²) in [4.78, 5) is 25.4. The highest BCUT2D eigenvalue weighted by atomic mass is 19.1. The number of anilines is 1. The molecule has 2 atom stereocenters. The maximum atomic E-state index is 13.0. The minimum absolute atomic E-state index is 0.00236. The molecule has 1 saturated heterocycles. The number of carbonyl (C=O) groups is 2. The van der Waals surface area contributed by atoms with Crippen LogP contribution in [0, 0.1) is 11.7 Å². The second-order valence-electron chi connectivity index (χ2n) is 5.21. The molecular formula is C14H18FN3O2. The van der Waals surface area contributed by atoms with Crippen LogP contribution < -0.4 is 11.5 Å². The Kier molecular flexibility index (Phi) is 3.92. The molecule has 20 heavy (non-hydrogen) atoms. The number of nitrogens with zero attached hydrogens (tertiary/aromatic N) is 1. The molecule has 1 heterocycles. The van der Waals surface area contributed by atoms with Crippen molar-refractivity contribution < 1.29 is 14.0 Å². The number of primary amides is 1. The molecule has 1 aromatic rings. The Morgan fingerprint density at radius 3 is 2.65 bits per heavy atom. The topological polar surface area (TPSA) is 89.4 Å². The van der Waals surface area contributed by atoms with Gasteiger partial charge >= 0.3 is 0 Å². The van der Waals surface area contributed by atoms with Gasteiger partial charge in [-0.25, -0.2) is 4.39 Å². The molecular weight excluding hydrogens is 261 g/mol. The Morgan fingerprint density at radius 1 is 1.35 bits per heavy atom. The summed E-state index contributed by atoms with van der Waals surface area (Å²) >= 11 is 0. The molecule has 0 spiro atoms. The molecule has 1 fully saturated rings. The minimum atomic E-state index is -0.485. The number of nitrogen functional groups attached to an aromatic ring is 1. The van der Waals surface area contributed by atoms with Crippen molar-refractivity contribution in [1.82, 2.24) is 4.90 Å². The molecule has 1 aromatic carbocycles. The van der Waals surface area contributed by atoms with E-state index in [1.807, 2.05) is 6.92 Å². The molecule has 0 aromatic heterocycles. The first-order chi connectivity index (χ1) is 9.40. The number of halogens is 1. The molecule has 0 aliphatic carbocycles. The highest BCUT2D eigenvalue weighted by Gasteiger charge is 2.32. The molecule has 1 aliphatic rings. The van der Waals surface area contributed by atoms with E-state index >= 15 is 0 Å². The van der Waals surface area contributed by atoms with E-state index in [-0.39, 0.29) is 35.7 Å². The molecule has 2 unspecified atom stereocenters. The quantitative estimate of drug-likeness (QED) is 0.795. The average molecular weight is 279 g/mol. The lowest BCUT2D eigenvalue weighted by atomic mass is 9.92. The van der Waals surface area contributed by atoms with Gasteiger partial charge in [-0.3, -0.25) is 9.59 Å². The van der Waals surface area contributed by atoms with Crippen LogP contribution in [0.15, 0.2) is 18.2 Å². The van der Waals surface area contributed by atoms with Crippen molar-refractivity contribution in [1.29, 1.82) is 0 Å². The van der Waals surface area contributed by atoms with Crippen molar-refractivity contribution in [2.24, 2.45) is 11.7 Å². The molecule has 2 amide bonds. The summed E-state index contributed by atoms with van der Waals surface area (Å²) in [6.45, 7) is 2.20. The smallest absolute Gasteiger partial charge is 0.256 e. The number of likely N-dealkylation sites (tertiary alicyclic amines) is 1. The fraction of sp³-hybridized carbons (Fsp3) is 0.429. The van der Waals surface area contributed by atoms with Gasteiger partial charge in [-0.05, 0) is 38.0 Å². The van der Waals surface area contributed by atoms with Crippen molar-refractivity contribution in [2.45, 2.75) is 25.8 Å². The number of nitrogens with two attached hydrogens (primary N) is 2. The Bertz CT molecular complexity index is 547. The minimum Gasteiger partial charge on any atom is -0.398 e. The summed E-state index contributed by atoms with van der Waals surface area (Å²) in [7, 11) is 0. The van der Waals surface area contributed by atoms with Crippen LogP contribution in [0.1, 0.15) is 30.1 Å². The zero-order chi connectivity index (χ0) is 14.9. The van der Waals surface area contributed by atoms with Crippen LogP contribution in [-0.2, 0) is 4.79 Å². The molecule has 0 saturated carbocycles. The highest BCUT2D eigenvalue weighted by Crippen LogP contribution is 2.25. The first-order valence-corrected chi connectivity index (χ1v) is 6.55. The number of benzene rings is 1. The predicted molar refractivity (Wildman–Crippen MR) is 73.2 cm³/mol. The number of piperidine rings is 1. The van der Waals surface area contributed by atoms with Gasteiger partial charge in [0.2, 0.25) is 5.91 Å². The van der Waals surface area contributed by atoms with E-state index in [1.165, 1.54) is 12.1 Å². The maximum Gasteiger partial charge on any atom is 0.256 e. The van der Waals surface area contributed by atoms with Crippen molar-refractivity contribution in [3.8, 4) is 0 Å². The van der Waals surface area contributed by atoms with Crippen molar-refractivity contribution in [2.75, 3.05) is 12.3 Å². The van der Waals surface area contributed by atoms with Crippen molar-refractivity contribution in [3.63, 3.8) is 0 Å². The van der Waals surface area contributed by atoms with Crippen LogP contribution in [0.3, 0.4) is 0 Å². The lowest BCUT2D eigenvalue weighted by Gasteiger charge is -2.37. The van der Waals surface area contributed by atoms with E-state index in [1.54, 1.807) is 4.90 Å². The van der Waals surface area contributed by atoms with Crippen LogP contribution in [0.5, 0.6) is 0 Å². The third-order valence-electron chi connectivity index (χ3n) is 3.79. The maximum absolute atomic E-state index is 13.0. The predicted octanol–water partition coefficient (Wildman–Crippen LogP) is 1.13. The van der Waals surface area contributed by atoms with Gasteiger partial charge in [-0.2, -0.15) is 0 Å². The fourth-order valence-electron chi connectivity index (χ4n) is 2.51. The van der Waals surface area contributed by atoms with Crippen LogP contribution in [0.25, 0.3) is 0 Å². The van der Waals surface area contributed by atoms with Crippen molar-refractivity contribution in [3.05, 3.63) is 29.6 Å². The molecule has 6 heteroatoms. The summed E-state index contributed by atoms with van der Waals surface area (Å²) in [5.74, 6) is -1.51. The molecule has 108 valence electrons. The third kappa shape index (κ3) is 2.74. The van der Waals surface area contributed by atoms with Gasteiger partial charge in [0.15, 0.2) is 0 Å². The molecule has 0 radical (unpaired) electrons. The lowest BCUT2D eigenvalue weighted by molar-refractivity contribution is -0.123. The van der Waals surface area contributed by atoms with Gasteiger partial charge in [-0.15, -0.1) is 0 Å². The second kappa shape index (κ2) is 5.48. The summed E-state index contributed by atoms with van der Waals surface area (Å²) in [5, 5.41) is 0. The molecule has 4 N–H and O–H groups in total. The Morgan fingerprint density at radius 2 is 2.05 bits per heavy atom. The lowest BCUT2D eigenvalue weighted by Crippen LogP contribution is -2.48. The van der Waals surface area contributed by atoms with E-state index in [2.05, 4.69) is 0 Å². The SMILES string of the molecule is CC1CCC(C(N)=O)CN1C(=O)c1ccc(F)cc1N. The number of hydrogen-bond donors (Lipinski definition) is 2. The van der Waals surface area contributed by atoms with Gasteiger partial charge in [0.05, 0.1) is 11.5 Å². The van der Waals surface area contributed by atoms with E-state index in [4.69, 9.17) is 11.5 Å². The van der Waals surface area contributed by atoms with E-state index in [0.29, 0.717) is 12.8 Å². The summed E-state index contributed by atoms with van der Waals surface area (Å²) < 4.78 is 13.0. The second-order valence-corrected chi connectivity index (χ2v) is 5.21. The summed E-state index contributed by atoms with van der Waals surface area (Å²) in [6, 6.07) is 3.69. The fourth-order valence-corrected chi connectivity index (χ4v) is 2.51. The van der Waals surface area contributed by atoms with Crippen LogP contribution >= 0.6 is 0 Å². The molecule has 5 nitrogen and oxygen atoms in total. The monoisotopic (exact) mass is 279 g/mol. The van der Waals surface area contributed by atoms with E-state index in [9.17, 15) is 14.0 Å². The van der Waals surface area contributed by atoms with Gasteiger partial charge < -0.3 is 16.4 Å². The number of carbonyl (C=O) groups excluding carboxylic acids is 2. The van der Waals surface area contributed by atoms with E-state index in [0.717, 1.165) is 6.07 Å². The van der Waals surface area contributed by atoms with E-state index < -0.39 is 11.7 Å². The van der Waals surface area contributed by atoms with Crippen LogP contribution in [-0.4, -0.2) is 29.3 Å². The van der Waals surface area contributed by atoms with Gasteiger partial charge in [0, 0.05) is 18.3 Å². The van der Waals surface area contributed by atoms with Crippen molar-refractivity contribution >= 4 is 17.5 Å². The average Bonchev–Trinajstić information content (AvgIpc) is 2.38. The number of amides is 2. The van der Waals surface area contributed by atoms with Gasteiger partial charge in [0.1, 0.15) is 5.82 Å². The number of rotatable bonds is 2. The summed E-state index contributed by atoms with van der Waals surface area (Å²) in [5.41, 5.74) is 11.4. The molecule has 1 aliphatic heterocycles. The Labute approximate surface area is 116 Å². The zero-order valence-electron chi connectivity index (χ0n) is 11.3. The third-order valence-corrected chi connectivity index (χ3v) is 3.79. The standard InChI is InChI=1S/C14H18FN3O2/c1-8-2-3-9(13(17)19)7-18(8)14(20)11-5-4-10(15)6-12(11)16/h4-6,8-9H,2-3,7,16H2,1H3,(H2,17,19).